The van der Waals surface area contributed by atoms with Crippen LogP contribution in [0.15, 0.2) is 42.7 Å². The molecule has 0 aliphatic heterocycles. The molecular weight excluding hydrogens is 323 g/mol. The van der Waals surface area contributed by atoms with Crippen molar-refractivity contribution >= 4 is 16.5 Å². The fourth-order valence-corrected chi connectivity index (χ4v) is 2.63. The summed E-state index contributed by atoms with van der Waals surface area (Å²) in [6.07, 6.45) is -2.46. The second-order valence-corrected chi connectivity index (χ2v) is 5.18. The summed E-state index contributed by atoms with van der Waals surface area (Å²) in [5, 5.41) is 12.2. The second-order valence-electron chi connectivity index (χ2n) is 5.18. The summed E-state index contributed by atoms with van der Waals surface area (Å²) in [5.74, 6) is -1.23. The number of alkyl halides is 3. The van der Waals surface area contributed by atoms with Gasteiger partial charge >= 0.3 is 6.18 Å². The van der Waals surface area contributed by atoms with Crippen molar-refractivity contribution < 1.29 is 18.1 Å². The predicted molar refractivity (Wildman–Crippen MR) is 81.4 cm³/mol. The first kappa shape index (κ1) is 15.9. The van der Waals surface area contributed by atoms with Gasteiger partial charge in [0.2, 0.25) is 5.82 Å². The third kappa shape index (κ3) is 2.66. The molecule has 0 saturated heterocycles. The number of hydrogen-bond donors (Lipinski definition) is 0. The number of benzene rings is 2. The molecule has 2 aromatic carbocycles. The lowest BCUT2D eigenvalue weighted by Gasteiger charge is -2.11. The molecule has 8 heteroatoms. The van der Waals surface area contributed by atoms with Crippen LogP contribution >= 0.6 is 0 Å². The first-order valence-electron chi connectivity index (χ1n) is 6.85. The van der Waals surface area contributed by atoms with Gasteiger partial charge in [0.1, 0.15) is 0 Å². The fourth-order valence-electron chi connectivity index (χ4n) is 2.63. The van der Waals surface area contributed by atoms with Crippen LogP contribution in [-0.4, -0.2) is 14.9 Å². The maximum atomic E-state index is 12.6. The van der Waals surface area contributed by atoms with Crippen LogP contribution < -0.4 is 0 Å². The lowest BCUT2D eigenvalue weighted by Crippen LogP contribution is -2.10. The lowest BCUT2D eigenvalue weighted by molar-refractivity contribution is -0.383. The molecule has 1 heterocycles. The summed E-state index contributed by atoms with van der Waals surface area (Å²) in [5.41, 5.74) is 1.44. The van der Waals surface area contributed by atoms with Gasteiger partial charge in [0.05, 0.1) is 10.3 Å². The van der Waals surface area contributed by atoms with E-state index in [0.29, 0.717) is 27.5 Å². The van der Waals surface area contributed by atoms with Crippen molar-refractivity contribution in [1.82, 2.24) is 9.97 Å². The summed E-state index contributed by atoms with van der Waals surface area (Å²) in [6.45, 7) is 1.66. The SMILES string of the molecule is Cc1cc([N+](=O)[O-])c2ccccc2c1-c1cnc(C(F)(F)F)nc1. The predicted octanol–water partition coefficient (Wildman–Crippen LogP) is 4.53. The van der Waals surface area contributed by atoms with Crippen LogP contribution in [0.2, 0.25) is 0 Å². The van der Waals surface area contributed by atoms with E-state index < -0.39 is 16.9 Å². The van der Waals surface area contributed by atoms with Crippen LogP contribution in [0.5, 0.6) is 0 Å². The van der Waals surface area contributed by atoms with E-state index in [0.717, 1.165) is 12.4 Å². The monoisotopic (exact) mass is 333 g/mol. The van der Waals surface area contributed by atoms with Gasteiger partial charge in [0.15, 0.2) is 0 Å². The van der Waals surface area contributed by atoms with E-state index in [1.165, 1.54) is 6.07 Å². The summed E-state index contributed by atoms with van der Waals surface area (Å²) in [4.78, 5) is 17.5. The Bertz CT molecular complexity index is 938. The van der Waals surface area contributed by atoms with E-state index in [4.69, 9.17) is 0 Å². The number of halogens is 3. The van der Waals surface area contributed by atoms with Crippen molar-refractivity contribution in [2.75, 3.05) is 0 Å². The molecule has 24 heavy (non-hydrogen) atoms. The number of non-ortho nitro benzene ring substituents is 1. The summed E-state index contributed by atoms with van der Waals surface area (Å²) >= 11 is 0. The van der Waals surface area contributed by atoms with Crippen molar-refractivity contribution in [2.24, 2.45) is 0 Å². The maximum absolute atomic E-state index is 12.6. The summed E-state index contributed by atoms with van der Waals surface area (Å²) in [7, 11) is 0. The molecule has 0 saturated carbocycles. The van der Waals surface area contributed by atoms with Crippen LogP contribution in [0.4, 0.5) is 18.9 Å². The zero-order valence-corrected chi connectivity index (χ0v) is 12.3. The maximum Gasteiger partial charge on any atom is 0.451 e. The van der Waals surface area contributed by atoms with Crippen molar-refractivity contribution in [1.29, 1.82) is 0 Å². The van der Waals surface area contributed by atoms with Gasteiger partial charge in [-0.2, -0.15) is 13.2 Å². The van der Waals surface area contributed by atoms with Crippen LogP contribution in [0.25, 0.3) is 21.9 Å². The number of hydrogen-bond acceptors (Lipinski definition) is 4. The molecule has 5 nitrogen and oxygen atoms in total. The molecule has 0 aliphatic rings. The smallest absolute Gasteiger partial charge is 0.258 e. The van der Waals surface area contributed by atoms with Crippen LogP contribution in [0.3, 0.4) is 0 Å². The molecule has 0 unspecified atom stereocenters. The number of aryl methyl sites for hydroxylation is 1. The Labute approximate surface area is 133 Å². The Morgan fingerprint density at radius 1 is 1.08 bits per heavy atom. The fraction of sp³-hybridized carbons (Fsp3) is 0.125. The number of rotatable bonds is 2. The molecule has 0 N–H and O–H groups in total. The van der Waals surface area contributed by atoms with Gasteiger partial charge in [-0.05, 0) is 29.5 Å². The normalized spacial score (nSPS) is 11.7. The molecule has 0 atom stereocenters. The number of nitro benzene ring substituents is 1. The third-order valence-electron chi connectivity index (χ3n) is 3.61. The molecular formula is C16H10F3N3O2. The van der Waals surface area contributed by atoms with Crippen LogP contribution in [0, 0.1) is 17.0 Å². The van der Waals surface area contributed by atoms with Gasteiger partial charge < -0.3 is 0 Å². The molecule has 1 aromatic heterocycles. The van der Waals surface area contributed by atoms with E-state index in [1.807, 2.05) is 0 Å². The molecule has 0 bridgehead atoms. The van der Waals surface area contributed by atoms with Gasteiger partial charge in [0.25, 0.3) is 5.69 Å². The molecule has 0 fully saturated rings. The minimum Gasteiger partial charge on any atom is -0.258 e. The van der Waals surface area contributed by atoms with Crippen molar-refractivity contribution in [3.05, 3.63) is 64.2 Å². The largest absolute Gasteiger partial charge is 0.451 e. The van der Waals surface area contributed by atoms with E-state index in [-0.39, 0.29) is 5.69 Å². The topological polar surface area (TPSA) is 68.9 Å². The van der Waals surface area contributed by atoms with Crippen LogP contribution in [-0.2, 0) is 6.18 Å². The molecule has 3 rings (SSSR count). The zero-order valence-electron chi connectivity index (χ0n) is 12.3. The average Bonchev–Trinajstić information content (AvgIpc) is 2.53. The standard InChI is InChI=1S/C16H10F3N3O2/c1-9-6-13(22(23)24)11-4-2-3-5-12(11)14(9)10-7-20-15(21-8-10)16(17,18)19/h2-8H,1H3. The van der Waals surface area contributed by atoms with Gasteiger partial charge in [-0.1, -0.05) is 18.2 Å². The number of nitrogens with zero attached hydrogens (tertiary/aromatic N) is 3. The van der Waals surface area contributed by atoms with E-state index in [1.54, 1.807) is 31.2 Å². The number of nitro groups is 1. The minimum absolute atomic E-state index is 0.0559. The minimum atomic E-state index is -4.62. The Morgan fingerprint density at radius 3 is 2.21 bits per heavy atom. The van der Waals surface area contributed by atoms with E-state index >= 15 is 0 Å². The first-order chi connectivity index (χ1) is 11.3. The van der Waals surface area contributed by atoms with Crippen LogP contribution in [0.1, 0.15) is 11.4 Å². The highest BCUT2D eigenvalue weighted by molar-refractivity contribution is 6.02. The Hall–Kier alpha value is -3.03. The van der Waals surface area contributed by atoms with Gasteiger partial charge in [-0.15, -0.1) is 0 Å². The average molecular weight is 333 g/mol. The molecule has 122 valence electrons. The third-order valence-corrected chi connectivity index (χ3v) is 3.61. The molecule has 0 radical (unpaired) electrons. The van der Waals surface area contributed by atoms with E-state index in [2.05, 4.69) is 9.97 Å². The lowest BCUT2D eigenvalue weighted by atomic mass is 9.94. The Kier molecular flexibility index (Phi) is 3.67. The Morgan fingerprint density at radius 2 is 1.67 bits per heavy atom. The van der Waals surface area contributed by atoms with Crippen molar-refractivity contribution in [2.45, 2.75) is 13.1 Å². The molecule has 3 aromatic rings. The van der Waals surface area contributed by atoms with Gasteiger partial charge in [-0.3, -0.25) is 10.1 Å². The van der Waals surface area contributed by atoms with Gasteiger partial charge in [0, 0.05) is 24.0 Å². The second kappa shape index (κ2) is 5.55. The molecule has 0 amide bonds. The Balaban J connectivity index is 2.25. The quantitative estimate of drug-likeness (QED) is 0.510. The van der Waals surface area contributed by atoms with E-state index in [9.17, 15) is 23.3 Å². The summed E-state index contributed by atoms with van der Waals surface area (Å²) < 4.78 is 37.8. The number of fused-ring (bicyclic) bond motifs is 1. The first-order valence-corrected chi connectivity index (χ1v) is 6.85. The van der Waals surface area contributed by atoms with Gasteiger partial charge in [-0.25, -0.2) is 9.97 Å². The van der Waals surface area contributed by atoms with Crippen molar-refractivity contribution in [3.63, 3.8) is 0 Å². The highest BCUT2D eigenvalue weighted by atomic mass is 19.4. The highest BCUT2D eigenvalue weighted by Gasteiger charge is 2.34. The molecule has 0 aliphatic carbocycles. The number of aromatic nitrogens is 2. The highest BCUT2D eigenvalue weighted by Crippen LogP contribution is 2.37. The summed E-state index contributed by atoms with van der Waals surface area (Å²) in [6, 6.07) is 8.05. The zero-order chi connectivity index (χ0) is 17.5. The molecule has 0 spiro atoms. The van der Waals surface area contributed by atoms with Crippen molar-refractivity contribution in [3.8, 4) is 11.1 Å².